The van der Waals surface area contributed by atoms with Crippen molar-refractivity contribution in [2.24, 2.45) is 17.8 Å². The highest BCUT2D eigenvalue weighted by Crippen LogP contribution is 2.37. The van der Waals surface area contributed by atoms with Gasteiger partial charge in [-0.3, -0.25) is 4.79 Å². The van der Waals surface area contributed by atoms with Gasteiger partial charge in [0.25, 0.3) is 0 Å². The molecule has 3 rings (SSSR count). The number of esters is 1. The van der Waals surface area contributed by atoms with Crippen molar-refractivity contribution in [3.05, 3.63) is 48.1 Å². The summed E-state index contributed by atoms with van der Waals surface area (Å²) in [6.07, 6.45) is 19.1. The molecule has 3 nitrogen and oxygen atoms in total. The van der Waals surface area contributed by atoms with E-state index in [1.54, 1.807) is 12.1 Å². The zero-order valence-electron chi connectivity index (χ0n) is 19.1. The molecular formula is C28H44O3. The molecule has 0 spiro atoms. The number of carbonyl (C=O) groups is 1. The number of aromatic hydroxyl groups is 1. The van der Waals surface area contributed by atoms with E-state index in [9.17, 15) is 9.90 Å². The normalized spacial score (nSPS) is 22.4. The highest BCUT2D eigenvalue weighted by molar-refractivity contribution is 5.77. The van der Waals surface area contributed by atoms with E-state index in [1.807, 2.05) is 6.08 Å². The topological polar surface area (TPSA) is 46.5 Å². The number of ether oxygens (including phenoxy) is 1. The Balaban J connectivity index is 0.00000113. The van der Waals surface area contributed by atoms with Gasteiger partial charge in [0.2, 0.25) is 0 Å². The van der Waals surface area contributed by atoms with Crippen LogP contribution in [-0.4, -0.2) is 11.1 Å². The number of unbranched alkanes of at least 4 members (excludes halogenated alkanes) is 2. The zero-order chi connectivity index (χ0) is 21.8. The average Bonchev–Trinajstić information content (AvgIpc) is 2.77. The second kappa shape index (κ2) is 14.9. The van der Waals surface area contributed by atoms with Crippen molar-refractivity contribution in [2.75, 3.05) is 0 Å². The van der Waals surface area contributed by atoms with Gasteiger partial charge in [-0.25, -0.2) is 0 Å². The molecule has 1 aromatic carbocycles. The molecule has 0 radical (unpaired) electrons. The van der Waals surface area contributed by atoms with Crippen molar-refractivity contribution in [3.63, 3.8) is 0 Å². The lowest BCUT2D eigenvalue weighted by Gasteiger charge is -2.30. The predicted octanol–water partition coefficient (Wildman–Crippen LogP) is 8.24. The van der Waals surface area contributed by atoms with Crippen LogP contribution in [-0.2, 0) is 4.79 Å². The van der Waals surface area contributed by atoms with Crippen LogP contribution in [0, 0.1) is 17.8 Å². The SMILES string of the molecule is C.CCC.CCCCCC1CCC(C2=CCC(C(=O)Oc3ccc(O)cc3)C=C2)CC1. The standard InChI is InChI=1S/C24H32O3.C3H8.CH4/c1-2-3-4-5-18-6-8-19(9-7-18)20-10-12-21(13-11-20)24(26)27-23-16-14-22(25)15-17-23;1-3-2;/h10-12,14-19,21,25H,2-9,13H2,1H3;3H2,1-2H3;1H4. The fourth-order valence-electron chi connectivity index (χ4n) is 4.29. The number of hydrogen-bond acceptors (Lipinski definition) is 3. The summed E-state index contributed by atoms with van der Waals surface area (Å²) in [5.74, 6) is 1.79. The maximum Gasteiger partial charge on any atom is 0.318 e. The van der Waals surface area contributed by atoms with Crippen molar-refractivity contribution in [1.29, 1.82) is 0 Å². The molecule has 1 atom stereocenters. The van der Waals surface area contributed by atoms with Gasteiger partial charge in [-0.05, 0) is 73.8 Å². The molecule has 31 heavy (non-hydrogen) atoms. The summed E-state index contributed by atoms with van der Waals surface area (Å²) in [6.45, 7) is 6.52. The number of allylic oxidation sites excluding steroid dienone is 3. The van der Waals surface area contributed by atoms with Crippen LogP contribution >= 0.6 is 0 Å². The van der Waals surface area contributed by atoms with E-state index in [2.05, 4.69) is 32.9 Å². The molecule has 1 saturated carbocycles. The predicted molar refractivity (Wildman–Crippen MR) is 131 cm³/mol. The van der Waals surface area contributed by atoms with E-state index >= 15 is 0 Å². The maximum absolute atomic E-state index is 12.3. The Bertz CT molecular complexity index is 679. The molecule has 0 amide bonds. The van der Waals surface area contributed by atoms with Gasteiger partial charge in [-0.2, -0.15) is 0 Å². The Hall–Kier alpha value is -2.03. The minimum absolute atomic E-state index is 0. The molecule has 2 aliphatic carbocycles. The third kappa shape index (κ3) is 9.33. The summed E-state index contributed by atoms with van der Waals surface area (Å²) in [4.78, 5) is 12.3. The van der Waals surface area contributed by atoms with Crippen LogP contribution < -0.4 is 4.74 Å². The molecule has 3 heteroatoms. The number of hydrogen-bond donors (Lipinski definition) is 1. The molecule has 0 heterocycles. The molecule has 1 aromatic rings. The first-order chi connectivity index (χ1) is 14.6. The van der Waals surface area contributed by atoms with E-state index in [0.29, 0.717) is 11.7 Å². The second-order valence-corrected chi connectivity index (χ2v) is 8.74. The minimum atomic E-state index is -0.230. The number of carbonyl (C=O) groups excluding carboxylic acids is 1. The summed E-state index contributed by atoms with van der Waals surface area (Å²) in [5, 5.41) is 9.30. The Morgan fingerprint density at radius 1 is 1.03 bits per heavy atom. The fraction of sp³-hybridized carbons (Fsp3) is 0.607. The Morgan fingerprint density at radius 3 is 2.23 bits per heavy atom. The molecule has 0 saturated heterocycles. The first kappa shape index (κ1) is 27.0. The van der Waals surface area contributed by atoms with Gasteiger partial charge >= 0.3 is 5.97 Å². The molecule has 0 bridgehead atoms. The summed E-state index contributed by atoms with van der Waals surface area (Å²) in [6, 6.07) is 6.27. The third-order valence-electron chi connectivity index (χ3n) is 6.02. The maximum atomic E-state index is 12.3. The van der Waals surface area contributed by atoms with Gasteiger partial charge < -0.3 is 9.84 Å². The van der Waals surface area contributed by atoms with Crippen molar-refractivity contribution in [2.45, 2.75) is 92.4 Å². The molecule has 174 valence electrons. The fourth-order valence-corrected chi connectivity index (χ4v) is 4.29. The van der Waals surface area contributed by atoms with Gasteiger partial charge in [0.1, 0.15) is 11.5 Å². The quantitative estimate of drug-likeness (QED) is 0.270. The highest BCUT2D eigenvalue weighted by atomic mass is 16.5. The van der Waals surface area contributed by atoms with Crippen molar-refractivity contribution < 1.29 is 14.6 Å². The van der Waals surface area contributed by atoms with Gasteiger partial charge in [-0.1, -0.05) is 78.5 Å². The summed E-state index contributed by atoms with van der Waals surface area (Å²) in [5.41, 5.74) is 1.41. The molecular weight excluding hydrogens is 384 g/mol. The molecule has 0 aromatic heterocycles. The smallest absolute Gasteiger partial charge is 0.318 e. The van der Waals surface area contributed by atoms with E-state index in [0.717, 1.165) is 12.3 Å². The van der Waals surface area contributed by atoms with E-state index in [1.165, 1.54) is 75.5 Å². The summed E-state index contributed by atoms with van der Waals surface area (Å²) in [7, 11) is 0. The van der Waals surface area contributed by atoms with Crippen LogP contribution in [0.15, 0.2) is 48.1 Å². The zero-order valence-corrected chi connectivity index (χ0v) is 19.1. The number of phenols is 1. The van der Waals surface area contributed by atoms with Crippen LogP contribution in [0.4, 0.5) is 0 Å². The minimum Gasteiger partial charge on any atom is -0.508 e. The van der Waals surface area contributed by atoms with Crippen molar-refractivity contribution >= 4 is 5.97 Å². The molecule has 2 aliphatic rings. The monoisotopic (exact) mass is 428 g/mol. The average molecular weight is 429 g/mol. The number of rotatable bonds is 7. The van der Waals surface area contributed by atoms with Gasteiger partial charge in [0, 0.05) is 0 Å². The largest absolute Gasteiger partial charge is 0.508 e. The third-order valence-corrected chi connectivity index (χ3v) is 6.02. The summed E-state index contributed by atoms with van der Waals surface area (Å²) >= 11 is 0. The molecule has 1 unspecified atom stereocenters. The Morgan fingerprint density at radius 2 is 1.68 bits per heavy atom. The van der Waals surface area contributed by atoms with Gasteiger partial charge in [-0.15, -0.1) is 0 Å². The first-order valence-corrected chi connectivity index (χ1v) is 12.0. The van der Waals surface area contributed by atoms with E-state index in [4.69, 9.17) is 4.74 Å². The highest BCUT2D eigenvalue weighted by Gasteiger charge is 2.26. The first-order valence-electron chi connectivity index (χ1n) is 12.0. The van der Waals surface area contributed by atoms with Crippen LogP contribution in [0.25, 0.3) is 0 Å². The van der Waals surface area contributed by atoms with Gasteiger partial charge in [0.15, 0.2) is 0 Å². The lowest BCUT2D eigenvalue weighted by Crippen LogP contribution is -2.21. The Labute approximate surface area is 190 Å². The second-order valence-electron chi connectivity index (χ2n) is 8.74. The Kier molecular flexibility index (Phi) is 13.0. The lowest BCUT2D eigenvalue weighted by atomic mass is 9.75. The number of benzene rings is 1. The van der Waals surface area contributed by atoms with E-state index < -0.39 is 0 Å². The molecule has 1 N–H and O–H groups in total. The van der Waals surface area contributed by atoms with Crippen LogP contribution in [0.3, 0.4) is 0 Å². The van der Waals surface area contributed by atoms with E-state index in [-0.39, 0.29) is 25.1 Å². The lowest BCUT2D eigenvalue weighted by molar-refractivity contribution is -0.137. The number of phenolic OH excluding ortho intramolecular Hbond substituents is 1. The molecule has 1 fully saturated rings. The molecule has 0 aliphatic heterocycles. The van der Waals surface area contributed by atoms with Crippen molar-refractivity contribution in [1.82, 2.24) is 0 Å². The van der Waals surface area contributed by atoms with Gasteiger partial charge in [0.05, 0.1) is 5.92 Å². The van der Waals surface area contributed by atoms with Crippen LogP contribution in [0.1, 0.15) is 92.4 Å². The van der Waals surface area contributed by atoms with Crippen molar-refractivity contribution in [3.8, 4) is 11.5 Å². The van der Waals surface area contributed by atoms with Crippen LogP contribution in [0.5, 0.6) is 11.5 Å². The van der Waals surface area contributed by atoms with Crippen LogP contribution in [0.2, 0.25) is 0 Å². The summed E-state index contributed by atoms with van der Waals surface area (Å²) < 4.78 is 5.42.